The van der Waals surface area contributed by atoms with E-state index in [-0.39, 0.29) is 11.8 Å². The molecule has 0 fully saturated rings. The Morgan fingerprint density at radius 2 is 1.39 bits per heavy atom. The molecule has 5 heteroatoms. The van der Waals surface area contributed by atoms with E-state index in [1.54, 1.807) is 18.2 Å². The van der Waals surface area contributed by atoms with E-state index in [0.717, 1.165) is 5.69 Å². The Labute approximate surface area is 167 Å². The van der Waals surface area contributed by atoms with Crippen LogP contribution in [0.25, 0.3) is 0 Å². The van der Waals surface area contributed by atoms with Crippen molar-refractivity contribution in [2.45, 2.75) is 52.9 Å². The lowest BCUT2D eigenvalue weighted by molar-refractivity contribution is -0.116. The Morgan fingerprint density at radius 1 is 0.857 bits per heavy atom. The van der Waals surface area contributed by atoms with Gasteiger partial charge < -0.3 is 16.0 Å². The molecule has 3 N–H and O–H groups in total. The van der Waals surface area contributed by atoms with Crippen molar-refractivity contribution in [3.8, 4) is 0 Å². The smallest absolute Gasteiger partial charge is 0.226 e. The summed E-state index contributed by atoms with van der Waals surface area (Å²) in [6, 6.07) is 13.5. The lowest BCUT2D eigenvalue weighted by atomic mass is 9.92. The van der Waals surface area contributed by atoms with Gasteiger partial charge in [-0.1, -0.05) is 52.0 Å². The van der Waals surface area contributed by atoms with Crippen molar-refractivity contribution in [3.05, 3.63) is 53.6 Å². The molecular weight excluding hydrogens is 350 g/mol. The number of benzene rings is 2. The third-order valence-electron chi connectivity index (χ3n) is 4.49. The fraction of sp³-hybridized carbons (Fsp3) is 0.391. The van der Waals surface area contributed by atoms with Crippen LogP contribution in [0.4, 0.5) is 17.1 Å². The number of hydrogen-bond donors (Lipinski definition) is 3. The maximum Gasteiger partial charge on any atom is 0.226 e. The maximum atomic E-state index is 12.3. The van der Waals surface area contributed by atoms with Gasteiger partial charge in [-0.05, 0) is 41.2 Å². The number of carbonyl (C=O) groups excluding carboxylic acids is 2. The van der Waals surface area contributed by atoms with Gasteiger partial charge in [0.1, 0.15) is 0 Å². The van der Waals surface area contributed by atoms with E-state index < -0.39 is 0 Å². The first-order valence-electron chi connectivity index (χ1n) is 9.82. The average molecular weight is 382 g/mol. The molecule has 2 amide bonds. The molecule has 150 valence electrons. The average Bonchev–Trinajstić information content (AvgIpc) is 2.61. The summed E-state index contributed by atoms with van der Waals surface area (Å²) in [6.07, 6.45) is 0.355. The van der Waals surface area contributed by atoms with E-state index >= 15 is 0 Å². The van der Waals surface area contributed by atoms with Crippen LogP contribution in [0.1, 0.15) is 64.0 Å². The quantitative estimate of drug-likeness (QED) is 0.578. The fourth-order valence-electron chi connectivity index (χ4n) is 3.16. The summed E-state index contributed by atoms with van der Waals surface area (Å²) in [5.74, 6) is 0.608. The van der Waals surface area contributed by atoms with Crippen LogP contribution in [0.5, 0.6) is 0 Å². The van der Waals surface area contributed by atoms with Crippen molar-refractivity contribution in [1.29, 1.82) is 0 Å². The van der Waals surface area contributed by atoms with Crippen molar-refractivity contribution in [1.82, 2.24) is 0 Å². The van der Waals surface area contributed by atoms with Gasteiger partial charge in [-0.25, -0.2) is 0 Å². The summed E-state index contributed by atoms with van der Waals surface area (Å²) in [7, 11) is 0. The monoisotopic (exact) mass is 381 g/mol. The van der Waals surface area contributed by atoms with Crippen molar-refractivity contribution in [3.63, 3.8) is 0 Å². The highest BCUT2D eigenvalue weighted by Crippen LogP contribution is 2.32. The first-order chi connectivity index (χ1) is 13.3. The lowest BCUT2D eigenvalue weighted by Crippen LogP contribution is -2.17. The largest absolute Gasteiger partial charge is 0.384 e. The zero-order valence-corrected chi connectivity index (χ0v) is 17.4. The highest BCUT2D eigenvalue weighted by atomic mass is 16.2. The van der Waals surface area contributed by atoms with Crippen LogP contribution in [-0.2, 0) is 9.59 Å². The van der Waals surface area contributed by atoms with E-state index in [1.165, 1.54) is 18.1 Å². The predicted octanol–water partition coefficient (Wildman–Crippen LogP) is 5.33. The molecule has 0 heterocycles. The van der Waals surface area contributed by atoms with E-state index in [1.807, 2.05) is 6.07 Å². The molecule has 2 rings (SSSR count). The standard InChI is InChI=1S/C23H31N3O2/c1-15(2)20-10-7-11-21(16(3)4)23(20)24-13-12-22(28)26-19-9-6-8-18(14-19)25-17(5)27/h6-11,14-16,24H,12-13H2,1-5H3,(H,25,27)(H,26,28). The van der Waals surface area contributed by atoms with Crippen molar-refractivity contribution in [2.75, 3.05) is 22.5 Å². The highest BCUT2D eigenvalue weighted by molar-refractivity contribution is 5.93. The minimum Gasteiger partial charge on any atom is -0.384 e. The van der Waals surface area contributed by atoms with E-state index in [2.05, 4.69) is 61.8 Å². The highest BCUT2D eigenvalue weighted by Gasteiger charge is 2.13. The predicted molar refractivity (Wildman–Crippen MR) is 117 cm³/mol. The SMILES string of the molecule is CC(=O)Nc1cccc(NC(=O)CCNc2c(C(C)C)cccc2C(C)C)c1. The molecule has 0 bridgehead atoms. The van der Waals surface area contributed by atoms with Gasteiger partial charge in [0.2, 0.25) is 11.8 Å². The van der Waals surface area contributed by atoms with Gasteiger partial charge in [0, 0.05) is 37.0 Å². The number of amides is 2. The number of hydrogen-bond acceptors (Lipinski definition) is 3. The molecular formula is C23H31N3O2. The Hall–Kier alpha value is -2.82. The molecule has 2 aromatic carbocycles. The van der Waals surface area contributed by atoms with Crippen LogP contribution >= 0.6 is 0 Å². The molecule has 0 aliphatic carbocycles. The second-order valence-corrected chi connectivity index (χ2v) is 7.61. The zero-order valence-electron chi connectivity index (χ0n) is 17.4. The van der Waals surface area contributed by atoms with E-state index in [0.29, 0.717) is 36.2 Å². The summed E-state index contributed by atoms with van der Waals surface area (Å²) >= 11 is 0. The molecule has 28 heavy (non-hydrogen) atoms. The van der Waals surface area contributed by atoms with Crippen LogP contribution in [0, 0.1) is 0 Å². The van der Waals surface area contributed by atoms with Crippen molar-refractivity contribution < 1.29 is 9.59 Å². The Balaban J connectivity index is 1.98. The zero-order chi connectivity index (χ0) is 20.7. The van der Waals surface area contributed by atoms with E-state index in [4.69, 9.17) is 0 Å². The van der Waals surface area contributed by atoms with Gasteiger partial charge in [0.25, 0.3) is 0 Å². The molecule has 0 unspecified atom stereocenters. The maximum absolute atomic E-state index is 12.3. The van der Waals surface area contributed by atoms with Crippen LogP contribution in [-0.4, -0.2) is 18.4 Å². The number of anilines is 3. The fourth-order valence-corrected chi connectivity index (χ4v) is 3.16. The number of carbonyl (C=O) groups is 2. The Bertz CT molecular complexity index is 802. The van der Waals surface area contributed by atoms with Crippen LogP contribution < -0.4 is 16.0 Å². The van der Waals surface area contributed by atoms with Gasteiger partial charge in [-0.3, -0.25) is 9.59 Å². The van der Waals surface area contributed by atoms with Gasteiger partial charge in [0.15, 0.2) is 0 Å². The summed E-state index contributed by atoms with van der Waals surface area (Å²) in [4.78, 5) is 23.5. The molecule has 2 aromatic rings. The molecule has 0 aliphatic heterocycles. The molecule has 0 saturated heterocycles. The number of para-hydroxylation sites is 1. The van der Waals surface area contributed by atoms with Gasteiger partial charge in [0.05, 0.1) is 0 Å². The lowest BCUT2D eigenvalue weighted by Gasteiger charge is -2.21. The van der Waals surface area contributed by atoms with Crippen molar-refractivity contribution in [2.24, 2.45) is 0 Å². The minimum absolute atomic E-state index is 0.0689. The topological polar surface area (TPSA) is 70.2 Å². The molecule has 0 atom stereocenters. The van der Waals surface area contributed by atoms with Gasteiger partial charge in [-0.15, -0.1) is 0 Å². The normalized spacial score (nSPS) is 10.8. The summed E-state index contributed by atoms with van der Waals surface area (Å²) in [5, 5.41) is 9.08. The number of rotatable bonds is 8. The minimum atomic E-state index is -0.141. The molecule has 0 aromatic heterocycles. The van der Waals surface area contributed by atoms with Gasteiger partial charge >= 0.3 is 0 Å². The number of nitrogens with one attached hydrogen (secondary N) is 3. The van der Waals surface area contributed by atoms with E-state index in [9.17, 15) is 9.59 Å². The summed E-state index contributed by atoms with van der Waals surface area (Å²) < 4.78 is 0. The van der Waals surface area contributed by atoms with Gasteiger partial charge in [-0.2, -0.15) is 0 Å². The molecule has 0 saturated carbocycles. The summed E-state index contributed by atoms with van der Waals surface area (Å²) in [5.41, 5.74) is 5.02. The molecule has 0 aliphatic rings. The molecule has 0 spiro atoms. The second-order valence-electron chi connectivity index (χ2n) is 7.61. The Morgan fingerprint density at radius 3 is 1.93 bits per heavy atom. The van der Waals surface area contributed by atoms with Crippen LogP contribution in [0.3, 0.4) is 0 Å². The van der Waals surface area contributed by atoms with Crippen LogP contribution in [0.2, 0.25) is 0 Å². The molecule has 5 nitrogen and oxygen atoms in total. The van der Waals surface area contributed by atoms with Crippen LogP contribution in [0.15, 0.2) is 42.5 Å². The first-order valence-corrected chi connectivity index (χ1v) is 9.82. The third kappa shape index (κ3) is 6.12. The summed E-state index contributed by atoms with van der Waals surface area (Å²) in [6.45, 7) is 10.7. The van der Waals surface area contributed by atoms with Crippen molar-refractivity contribution >= 4 is 28.9 Å². The third-order valence-corrected chi connectivity index (χ3v) is 4.49. The Kier molecular flexibility index (Phi) is 7.61. The molecule has 0 radical (unpaired) electrons. The first kappa shape index (κ1) is 21.5. The second kappa shape index (κ2) is 9.93.